The van der Waals surface area contributed by atoms with E-state index in [2.05, 4.69) is 10.6 Å². The Labute approximate surface area is 92.7 Å². The van der Waals surface area contributed by atoms with Gasteiger partial charge in [-0.3, -0.25) is 10.1 Å². The van der Waals surface area contributed by atoms with Gasteiger partial charge in [-0.2, -0.15) is 0 Å². The molecule has 0 aromatic heterocycles. The molecule has 0 radical (unpaired) electrons. The highest BCUT2D eigenvalue weighted by Gasteiger charge is 2.21. The Balaban J connectivity index is 1.82. The fourth-order valence-corrected chi connectivity index (χ4v) is 1.93. The third kappa shape index (κ3) is 1.59. The Hall–Kier alpha value is -1.75. The van der Waals surface area contributed by atoms with Crippen LogP contribution >= 0.6 is 0 Å². The van der Waals surface area contributed by atoms with Crippen LogP contribution < -0.4 is 20.1 Å². The molecule has 1 aromatic carbocycles. The van der Waals surface area contributed by atoms with Crippen LogP contribution in [0.4, 0.5) is 0 Å². The van der Waals surface area contributed by atoms with Crippen LogP contribution in [0, 0.1) is 0 Å². The van der Waals surface area contributed by atoms with Gasteiger partial charge in [0.15, 0.2) is 11.5 Å². The second-order valence-electron chi connectivity index (χ2n) is 3.85. The SMILES string of the molecule is O=C1CNC(c2ccc3c(c2)OCO3)CN1. The van der Waals surface area contributed by atoms with E-state index in [0.29, 0.717) is 13.1 Å². The quantitative estimate of drug-likeness (QED) is 0.708. The zero-order valence-corrected chi connectivity index (χ0v) is 8.66. The maximum Gasteiger partial charge on any atom is 0.234 e. The average molecular weight is 220 g/mol. The molecule has 0 aliphatic carbocycles. The number of hydrogen-bond donors (Lipinski definition) is 2. The predicted molar refractivity (Wildman–Crippen MR) is 56.3 cm³/mol. The first-order valence-electron chi connectivity index (χ1n) is 5.22. The number of amides is 1. The topological polar surface area (TPSA) is 59.6 Å². The maximum absolute atomic E-state index is 11.0. The van der Waals surface area contributed by atoms with Crippen molar-refractivity contribution in [3.05, 3.63) is 23.8 Å². The summed E-state index contributed by atoms with van der Waals surface area (Å²) in [5, 5.41) is 5.99. The molecule has 2 heterocycles. The van der Waals surface area contributed by atoms with Gasteiger partial charge < -0.3 is 14.8 Å². The molecule has 0 spiro atoms. The van der Waals surface area contributed by atoms with Crippen LogP contribution in [0.2, 0.25) is 0 Å². The van der Waals surface area contributed by atoms with Crippen molar-refractivity contribution in [2.24, 2.45) is 0 Å². The third-order valence-electron chi connectivity index (χ3n) is 2.81. The maximum atomic E-state index is 11.0. The molecule has 0 saturated carbocycles. The van der Waals surface area contributed by atoms with E-state index in [0.717, 1.165) is 17.1 Å². The minimum atomic E-state index is 0.0389. The normalized spacial score (nSPS) is 23.0. The van der Waals surface area contributed by atoms with Crippen molar-refractivity contribution >= 4 is 5.91 Å². The number of carbonyl (C=O) groups excluding carboxylic acids is 1. The molecular weight excluding hydrogens is 208 g/mol. The Kier molecular flexibility index (Phi) is 2.18. The molecule has 2 aliphatic rings. The third-order valence-corrected chi connectivity index (χ3v) is 2.81. The number of benzene rings is 1. The molecule has 1 aromatic rings. The highest BCUT2D eigenvalue weighted by molar-refractivity contribution is 5.79. The van der Waals surface area contributed by atoms with Gasteiger partial charge in [-0.05, 0) is 17.7 Å². The summed E-state index contributed by atoms with van der Waals surface area (Å²) >= 11 is 0. The van der Waals surface area contributed by atoms with E-state index in [9.17, 15) is 4.79 Å². The summed E-state index contributed by atoms with van der Waals surface area (Å²) in [5.41, 5.74) is 1.10. The molecule has 2 N–H and O–H groups in total. The molecule has 16 heavy (non-hydrogen) atoms. The van der Waals surface area contributed by atoms with Gasteiger partial charge in [0.1, 0.15) is 0 Å². The average Bonchev–Trinajstić information content (AvgIpc) is 2.77. The fourth-order valence-electron chi connectivity index (χ4n) is 1.93. The number of nitrogens with one attached hydrogen (secondary N) is 2. The molecule has 84 valence electrons. The Bertz CT molecular complexity index is 423. The van der Waals surface area contributed by atoms with Crippen LogP contribution in [0.5, 0.6) is 11.5 Å². The van der Waals surface area contributed by atoms with Crippen molar-refractivity contribution in [2.75, 3.05) is 19.9 Å². The molecule has 2 aliphatic heterocycles. The number of fused-ring (bicyclic) bond motifs is 1. The Morgan fingerprint density at radius 1 is 1.25 bits per heavy atom. The van der Waals surface area contributed by atoms with E-state index >= 15 is 0 Å². The van der Waals surface area contributed by atoms with Gasteiger partial charge >= 0.3 is 0 Å². The molecule has 1 atom stereocenters. The molecule has 5 heteroatoms. The van der Waals surface area contributed by atoms with E-state index in [1.165, 1.54) is 0 Å². The number of rotatable bonds is 1. The van der Waals surface area contributed by atoms with Crippen molar-refractivity contribution in [1.29, 1.82) is 0 Å². The number of ether oxygens (including phenoxy) is 2. The first-order valence-corrected chi connectivity index (χ1v) is 5.22. The predicted octanol–water partition coefficient (Wildman–Crippen LogP) is 0.176. The second kappa shape index (κ2) is 3.68. The minimum absolute atomic E-state index is 0.0389. The summed E-state index contributed by atoms with van der Waals surface area (Å²) in [6.45, 7) is 1.26. The van der Waals surface area contributed by atoms with Crippen molar-refractivity contribution in [1.82, 2.24) is 10.6 Å². The van der Waals surface area contributed by atoms with Gasteiger partial charge in [0, 0.05) is 6.54 Å². The summed E-state index contributed by atoms with van der Waals surface area (Å²) in [5.74, 6) is 1.59. The standard InChI is InChI=1S/C11H12N2O3/c14-11-5-12-8(4-13-11)7-1-2-9-10(3-7)16-6-15-9/h1-3,8,12H,4-6H2,(H,13,14). The van der Waals surface area contributed by atoms with E-state index in [1.54, 1.807) is 0 Å². The van der Waals surface area contributed by atoms with E-state index in [4.69, 9.17) is 9.47 Å². The van der Waals surface area contributed by atoms with Crippen LogP contribution in [-0.4, -0.2) is 25.8 Å². The minimum Gasteiger partial charge on any atom is -0.454 e. The van der Waals surface area contributed by atoms with Crippen molar-refractivity contribution in [2.45, 2.75) is 6.04 Å². The molecule has 3 rings (SSSR count). The Morgan fingerprint density at radius 3 is 2.94 bits per heavy atom. The number of piperazine rings is 1. The lowest BCUT2D eigenvalue weighted by molar-refractivity contribution is -0.121. The molecule has 0 bridgehead atoms. The molecule has 1 amide bonds. The summed E-state index contributed by atoms with van der Waals surface area (Å²) in [6.07, 6.45) is 0. The molecule has 1 saturated heterocycles. The Morgan fingerprint density at radius 2 is 2.12 bits per heavy atom. The summed E-state index contributed by atoms with van der Waals surface area (Å²) in [7, 11) is 0. The summed E-state index contributed by atoms with van der Waals surface area (Å²) in [4.78, 5) is 11.0. The van der Waals surface area contributed by atoms with Crippen molar-refractivity contribution < 1.29 is 14.3 Å². The smallest absolute Gasteiger partial charge is 0.234 e. The lowest BCUT2D eigenvalue weighted by Gasteiger charge is -2.24. The van der Waals surface area contributed by atoms with Gasteiger partial charge in [-0.15, -0.1) is 0 Å². The molecule has 1 fully saturated rings. The lowest BCUT2D eigenvalue weighted by atomic mass is 10.0. The van der Waals surface area contributed by atoms with Crippen LogP contribution in [-0.2, 0) is 4.79 Å². The van der Waals surface area contributed by atoms with E-state index in [1.807, 2.05) is 18.2 Å². The lowest BCUT2D eigenvalue weighted by Crippen LogP contribution is -2.46. The monoisotopic (exact) mass is 220 g/mol. The molecule has 5 nitrogen and oxygen atoms in total. The van der Waals surface area contributed by atoms with E-state index < -0.39 is 0 Å². The second-order valence-corrected chi connectivity index (χ2v) is 3.85. The fraction of sp³-hybridized carbons (Fsp3) is 0.364. The summed E-state index contributed by atoms with van der Waals surface area (Å²) in [6, 6.07) is 5.99. The zero-order valence-electron chi connectivity index (χ0n) is 8.66. The van der Waals surface area contributed by atoms with Crippen LogP contribution in [0.15, 0.2) is 18.2 Å². The first-order chi connectivity index (χ1) is 7.83. The van der Waals surface area contributed by atoms with Crippen LogP contribution in [0.25, 0.3) is 0 Å². The highest BCUT2D eigenvalue weighted by Crippen LogP contribution is 2.34. The van der Waals surface area contributed by atoms with Gasteiger partial charge in [0.2, 0.25) is 12.7 Å². The zero-order chi connectivity index (χ0) is 11.0. The highest BCUT2D eigenvalue weighted by atomic mass is 16.7. The molecular formula is C11H12N2O3. The van der Waals surface area contributed by atoms with Crippen LogP contribution in [0.1, 0.15) is 11.6 Å². The number of hydrogen-bond acceptors (Lipinski definition) is 4. The van der Waals surface area contributed by atoms with Gasteiger partial charge in [-0.1, -0.05) is 6.07 Å². The largest absolute Gasteiger partial charge is 0.454 e. The van der Waals surface area contributed by atoms with Gasteiger partial charge in [0.25, 0.3) is 0 Å². The van der Waals surface area contributed by atoms with Crippen LogP contribution in [0.3, 0.4) is 0 Å². The van der Waals surface area contributed by atoms with Crippen molar-refractivity contribution in [3.63, 3.8) is 0 Å². The van der Waals surface area contributed by atoms with Gasteiger partial charge in [-0.25, -0.2) is 0 Å². The number of carbonyl (C=O) groups is 1. The first kappa shape index (κ1) is 9.47. The summed E-state index contributed by atoms with van der Waals surface area (Å²) < 4.78 is 10.6. The van der Waals surface area contributed by atoms with E-state index in [-0.39, 0.29) is 18.7 Å². The van der Waals surface area contributed by atoms with Crippen molar-refractivity contribution in [3.8, 4) is 11.5 Å². The van der Waals surface area contributed by atoms with Gasteiger partial charge in [0.05, 0.1) is 12.6 Å². The molecule has 1 unspecified atom stereocenters.